The fourth-order valence-corrected chi connectivity index (χ4v) is 2.68. The van der Waals surface area contributed by atoms with Gasteiger partial charge in [-0.25, -0.2) is 0 Å². The van der Waals surface area contributed by atoms with Crippen LogP contribution in [-0.2, 0) is 0 Å². The highest BCUT2D eigenvalue weighted by Gasteiger charge is 2.05. The van der Waals surface area contributed by atoms with E-state index < -0.39 is 0 Å². The van der Waals surface area contributed by atoms with E-state index in [1.165, 1.54) is 83.5 Å². The Morgan fingerprint density at radius 1 is 0.611 bits per heavy atom. The van der Waals surface area contributed by atoms with Crippen LogP contribution in [0, 0.1) is 12.8 Å². The van der Waals surface area contributed by atoms with Crippen LogP contribution in [0.15, 0.2) is 0 Å². The maximum atomic E-state index is 4.13. The van der Waals surface area contributed by atoms with E-state index >= 15 is 0 Å². The van der Waals surface area contributed by atoms with Crippen molar-refractivity contribution in [3.8, 4) is 0 Å². The molecule has 0 aliphatic heterocycles. The first-order valence-corrected chi connectivity index (χ1v) is 8.64. The average molecular weight is 253 g/mol. The molecule has 0 aliphatic carbocycles. The summed E-state index contributed by atoms with van der Waals surface area (Å²) in [6.45, 7) is 8.71. The lowest BCUT2D eigenvalue weighted by Crippen LogP contribution is -1.99. The summed E-state index contributed by atoms with van der Waals surface area (Å²) < 4.78 is 0. The molecule has 0 bridgehead atoms. The highest BCUT2D eigenvalue weighted by molar-refractivity contribution is 4.62. The lowest BCUT2D eigenvalue weighted by Gasteiger charge is -2.14. The van der Waals surface area contributed by atoms with E-state index in [1.807, 2.05) is 0 Å². The van der Waals surface area contributed by atoms with Crippen molar-refractivity contribution < 1.29 is 0 Å². The maximum Gasteiger partial charge on any atom is -0.0414 e. The normalized spacial score (nSPS) is 12.8. The standard InChI is InChI=1S/C18H37/c1-4-7-9-11-13-15-17-18(6-3)16-14-12-10-8-5-2/h18H,3-17H2,1-2H3. The molecular weight excluding hydrogens is 216 g/mol. The summed E-state index contributed by atoms with van der Waals surface area (Å²) in [6, 6.07) is 0. The van der Waals surface area contributed by atoms with Crippen LogP contribution in [0.5, 0.6) is 0 Å². The number of rotatable bonds is 14. The van der Waals surface area contributed by atoms with Crippen molar-refractivity contribution in [3.05, 3.63) is 6.92 Å². The minimum Gasteiger partial charge on any atom is -0.0654 e. The van der Waals surface area contributed by atoms with Crippen LogP contribution < -0.4 is 0 Å². The van der Waals surface area contributed by atoms with Crippen LogP contribution in [0.4, 0.5) is 0 Å². The molecule has 0 aromatic heterocycles. The Kier molecular flexibility index (Phi) is 15.1. The molecule has 1 unspecified atom stereocenters. The fraction of sp³-hybridized carbons (Fsp3) is 0.944. The van der Waals surface area contributed by atoms with Crippen LogP contribution in [-0.4, -0.2) is 0 Å². The molecule has 0 aliphatic rings. The van der Waals surface area contributed by atoms with Crippen molar-refractivity contribution in [1.82, 2.24) is 0 Å². The molecular formula is C18H37. The summed E-state index contributed by atoms with van der Waals surface area (Å²) in [5, 5.41) is 0. The molecule has 109 valence electrons. The number of hydrogen-bond donors (Lipinski definition) is 0. The molecule has 0 amide bonds. The quantitative estimate of drug-likeness (QED) is 0.294. The van der Waals surface area contributed by atoms with Crippen LogP contribution >= 0.6 is 0 Å². The van der Waals surface area contributed by atoms with E-state index in [9.17, 15) is 0 Å². The van der Waals surface area contributed by atoms with Crippen molar-refractivity contribution in [1.29, 1.82) is 0 Å². The van der Waals surface area contributed by atoms with E-state index in [2.05, 4.69) is 20.8 Å². The second-order valence-corrected chi connectivity index (χ2v) is 5.91. The van der Waals surface area contributed by atoms with E-state index in [0.717, 1.165) is 12.3 Å². The van der Waals surface area contributed by atoms with Gasteiger partial charge in [0.15, 0.2) is 0 Å². The summed E-state index contributed by atoms with van der Waals surface area (Å²) in [5.41, 5.74) is 0. The molecule has 0 fully saturated rings. The topological polar surface area (TPSA) is 0 Å². The zero-order valence-electron chi connectivity index (χ0n) is 13.2. The Bertz CT molecular complexity index is 139. The second kappa shape index (κ2) is 15.1. The Morgan fingerprint density at radius 2 is 1.00 bits per heavy atom. The largest absolute Gasteiger partial charge is 0.0654 e. The van der Waals surface area contributed by atoms with Crippen molar-refractivity contribution in [2.45, 2.75) is 104 Å². The Balaban J connectivity index is 3.29. The van der Waals surface area contributed by atoms with Gasteiger partial charge in [-0.1, -0.05) is 111 Å². The second-order valence-electron chi connectivity index (χ2n) is 5.91. The van der Waals surface area contributed by atoms with Gasteiger partial charge in [0, 0.05) is 0 Å². The summed E-state index contributed by atoms with van der Waals surface area (Å²) in [4.78, 5) is 0. The van der Waals surface area contributed by atoms with Crippen molar-refractivity contribution in [2.24, 2.45) is 5.92 Å². The average Bonchev–Trinajstić information content (AvgIpc) is 2.40. The Hall–Kier alpha value is 0. The van der Waals surface area contributed by atoms with Gasteiger partial charge in [-0.2, -0.15) is 0 Å². The van der Waals surface area contributed by atoms with Gasteiger partial charge < -0.3 is 0 Å². The lowest BCUT2D eigenvalue weighted by molar-refractivity contribution is 0.405. The predicted molar refractivity (Wildman–Crippen MR) is 84.8 cm³/mol. The van der Waals surface area contributed by atoms with E-state index in [1.54, 1.807) is 0 Å². The summed E-state index contributed by atoms with van der Waals surface area (Å²) in [6.07, 6.45) is 19.7. The Labute approximate surface area is 117 Å². The van der Waals surface area contributed by atoms with Gasteiger partial charge in [-0.3, -0.25) is 0 Å². The Morgan fingerprint density at radius 3 is 1.39 bits per heavy atom. The van der Waals surface area contributed by atoms with Gasteiger partial charge in [0.05, 0.1) is 0 Å². The molecule has 0 aromatic carbocycles. The third-order valence-corrected chi connectivity index (χ3v) is 4.09. The van der Waals surface area contributed by atoms with Crippen LogP contribution in [0.25, 0.3) is 0 Å². The number of unbranched alkanes of at least 4 members (excludes halogenated alkanes) is 9. The predicted octanol–water partition coefficient (Wildman–Crippen LogP) is 6.94. The molecule has 0 saturated heterocycles. The first-order chi connectivity index (χ1) is 8.85. The fourth-order valence-electron chi connectivity index (χ4n) is 2.68. The highest BCUT2D eigenvalue weighted by atomic mass is 14.1. The van der Waals surface area contributed by atoms with Gasteiger partial charge in [0.2, 0.25) is 0 Å². The molecule has 0 N–H and O–H groups in total. The SMILES string of the molecule is [CH2]CC(CCCCCCC)CCCCCCCC. The summed E-state index contributed by atoms with van der Waals surface area (Å²) in [5.74, 6) is 0.915. The first-order valence-electron chi connectivity index (χ1n) is 8.64. The van der Waals surface area contributed by atoms with E-state index in [-0.39, 0.29) is 0 Å². The monoisotopic (exact) mass is 253 g/mol. The number of hydrogen-bond acceptors (Lipinski definition) is 0. The first kappa shape index (κ1) is 18.0. The summed E-state index contributed by atoms with van der Waals surface area (Å²) in [7, 11) is 0. The zero-order chi connectivity index (χ0) is 13.5. The van der Waals surface area contributed by atoms with Gasteiger partial charge in [0.1, 0.15) is 0 Å². The molecule has 0 heterocycles. The molecule has 0 aromatic rings. The minimum atomic E-state index is 0.915. The van der Waals surface area contributed by atoms with E-state index in [4.69, 9.17) is 0 Å². The molecule has 0 rings (SSSR count). The minimum absolute atomic E-state index is 0.915. The molecule has 1 radical (unpaired) electrons. The van der Waals surface area contributed by atoms with Gasteiger partial charge in [0.25, 0.3) is 0 Å². The molecule has 0 spiro atoms. The summed E-state index contributed by atoms with van der Waals surface area (Å²) >= 11 is 0. The third-order valence-electron chi connectivity index (χ3n) is 4.09. The van der Waals surface area contributed by atoms with Crippen molar-refractivity contribution in [2.75, 3.05) is 0 Å². The van der Waals surface area contributed by atoms with E-state index in [0.29, 0.717) is 0 Å². The third kappa shape index (κ3) is 12.5. The van der Waals surface area contributed by atoms with Gasteiger partial charge in [-0.05, 0) is 5.92 Å². The maximum absolute atomic E-state index is 4.13. The van der Waals surface area contributed by atoms with Crippen LogP contribution in [0.1, 0.15) is 104 Å². The highest BCUT2D eigenvalue weighted by Crippen LogP contribution is 2.21. The molecule has 1 atom stereocenters. The molecule has 0 heteroatoms. The van der Waals surface area contributed by atoms with Crippen LogP contribution in [0.3, 0.4) is 0 Å². The van der Waals surface area contributed by atoms with Crippen molar-refractivity contribution >= 4 is 0 Å². The zero-order valence-corrected chi connectivity index (χ0v) is 13.2. The lowest BCUT2D eigenvalue weighted by atomic mass is 9.92. The molecule has 18 heavy (non-hydrogen) atoms. The van der Waals surface area contributed by atoms with Gasteiger partial charge >= 0.3 is 0 Å². The van der Waals surface area contributed by atoms with Crippen molar-refractivity contribution in [3.63, 3.8) is 0 Å². The van der Waals surface area contributed by atoms with Crippen LogP contribution in [0.2, 0.25) is 0 Å². The smallest absolute Gasteiger partial charge is 0.0414 e. The molecule has 0 saturated carbocycles. The molecule has 0 nitrogen and oxygen atoms in total. The van der Waals surface area contributed by atoms with Gasteiger partial charge in [-0.15, -0.1) is 0 Å².